The predicted molar refractivity (Wildman–Crippen MR) is 67.2 cm³/mol. The first-order chi connectivity index (χ1) is 7.81. The summed E-state index contributed by atoms with van der Waals surface area (Å²) in [4.78, 5) is 0. The second-order valence-electron chi connectivity index (χ2n) is 3.89. The highest BCUT2D eigenvalue weighted by atomic mass is 32.2. The van der Waals surface area contributed by atoms with Crippen LogP contribution in [0.4, 0.5) is 0 Å². The van der Waals surface area contributed by atoms with E-state index in [1.807, 2.05) is 23.9 Å². The van der Waals surface area contributed by atoms with Crippen molar-refractivity contribution in [1.29, 1.82) is 0 Å². The second kappa shape index (κ2) is 5.46. The van der Waals surface area contributed by atoms with Crippen molar-refractivity contribution in [3.8, 4) is 11.5 Å². The van der Waals surface area contributed by atoms with Gasteiger partial charge in [-0.2, -0.15) is 11.8 Å². The quantitative estimate of drug-likeness (QED) is 0.853. The fourth-order valence-electron chi connectivity index (χ4n) is 1.72. The molecule has 0 spiro atoms. The number of ether oxygens (including phenoxy) is 2. The topological polar surface area (TPSA) is 30.5 Å². The molecule has 1 aliphatic heterocycles. The first-order valence-corrected chi connectivity index (χ1v) is 6.80. The van der Waals surface area contributed by atoms with Crippen LogP contribution < -0.4 is 14.8 Å². The van der Waals surface area contributed by atoms with Crippen molar-refractivity contribution in [1.82, 2.24) is 5.32 Å². The number of thioether (sulfide) groups is 1. The molecule has 1 heterocycles. The molecule has 1 aliphatic rings. The number of para-hydroxylation sites is 1. The molecule has 1 unspecified atom stereocenters. The molecular weight excluding hydrogens is 222 g/mol. The molecule has 0 saturated carbocycles. The standard InChI is InChI=1S/C12H17NO2S/c1-9(7-16-2)13-6-10-4-3-5-11-12(10)15-8-14-11/h3-5,9,13H,6-8H2,1-2H3. The van der Waals surface area contributed by atoms with Crippen molar-refractivity contribution in [3.05, 3.63) is 23.8 Å². The Balaban J connectivity index is 1.97. The zero-order valence-electron chi connectivity index (χ0n) is 9.66. The Bertz CT molecular complexity index is 357. The van der Waals surface area contributed by atoms with Gasteiger partial charge in [-0.3, -0.25) is 0 Å². The lowest BCUT2D eigenvalue weighted by Crippen LogP contribution is -2.27. The Labute approximate surface area is 101 Å². The molecule has 3 nitrogen and oxygen atoms in total. The summed E-state index contributed by atoms with van der Waals surface area (Å²) in [7, 11) is 0. The number of rotatable bonds is 5. The summed E-state index contributed by atoms with van der Waals surface area (Å²) in [6.07, 6.45) is 2.12. The van der Waals surface area contributed by atoms with E-state index >= 15 is 0 Å². The monoisotopic (exact) mass is 239 g/mol. The van der Waals surface area contributed by atoms with E-state index in [9.17, 15) is 0 Å². The molecule has 0 amide bonds. The van der Waals surface area contributed by atoms with Gasteiger partial charge in [0.1, 0.15) is 0 Å². The number of nitrogens with one attached hydrogen (secondary N) is 1. The zero-order valence-corrected chi connectivity index (χ0v) is 10.5. The zero-order chi connectivity index (χ0) is 11.4. The van der Waals surface area contributed by atoms with E-state index in [2.05, 4.69) is 24.6 Å². The summed E-state index contributed by atoms with van der Waals surface area (Å²) in [5, 5.41) is 3.47. The fourth-order valence-corrected chi connectivity index (χ4v) is 2.34. The first-order valence-electron chi connectivity index (χ1n) is 5.41. The van der Waals surface area contributed by atoms with Crippen LogP contribution in [0.15, 0.2) is 18.2 Å². The van der Waals surface area contributed by atoms with Gasteiger partial charge in [0.15, 0.2) is 11.5 Å². The van der Waals surface area contributed by atoms with Crippen LogP contribution in [0, 0.1) is 0 Å². The second-order valence-corrected chi connectivity index (χ2v) is 4.80. The van der Waals surface area contributed by atoms with Crippen LogP contribution in [-0.2, 0) is 6.54 Å². The lowest BCUT2D eigenvalue weighted by atomic mass is 10.2. The minimum absolute atomic E-state index is 0.340. The summed E-state index contributed by atoms with van der Waals surface area (Å²) in [6, 6.07) is 6.53. The largest absolute Gasteiger partial charge is 0.454 e. The third-order valence-corrected chi connectivity index (χ3v) is 3.37. The van der Waals surface area contributed by atoms with Gasteiger partial charge in [-0.05, 0) is 19.2 Å². The highest BCUT2D eigenvalue weighted by molar-refractivity contribution is 7.98. The average Bonchev–Trinajstić information content (AvgIpc) is 2.75. The van der Waals surface area contributed by atoms with Crippen LogP contribution in [-0.4, -0.2) is 24.8 Å². The Morgan fingerprint density at radius 2 is 2.31 bits per heavy atom. The van der Waals surface area contributed by atoms with Gasteiger partial charge in [0.2, 0.25) is 6.79 Å². The van der Waals surface area contributed by atoms with Crippen LogP contribution in [0.5, 0.6) is 11.5 Å². The van der Waals surface area contributed by atoms with Crippen LogP contribution in [0.1, 0.15) is 12.5 Å². The lowest BCUT2D eigenvalue weighted by Gasteiger charge is -2.13. The molecule has 16 heavy (non-hydrogen) atoms. The molecule has 2 rings (SSSR count). The maximum atomic E-state index is 5.45. The van der Waals surface area contributed by atoms with Gasteiger partial charge in [-0.25, -0.2) is 0 Å². The van der Waals surface area contributed by atoms with Gasteiger partial charge >= 0.3 is 0 Å². The SMILES string of the molecule is CSCC(C)NCc1cccc2c1OCO2. The molecule has 0 bridgehead atoms. The summed E-state index contributed by atoms with van der Waals surface area (Å²) in [5.74, 6) is 2.87. The normalized spacial score (nSPS) is 15.1. The summed E-state index contributed by atoms with van der Waals surface area (Å²) in [6.45, 7) is 3.36. The number of hydrogen-bond acceptors (Lipinski definition) is 4. The van der Waals surface area contributed by atoms with Gasteiger partial charge in [0.25, 0.3) is 0 Å². The van der Waals surface area contributed by atoms with Crippen molar-refractivity contribution in [2.24, 2.45) is 0 Å². The third-order valence-electron chi connectivity index (χ3n) is 2.54. The molecule has 0 aliphatic carbocycles. The summed E-state index contributed by atoms with van der Waals surface area (Å²) in [5.41, 5.74) is 1.17. The molecule has 1 N–H and O–H groups in total. The Hall–Kier alpha value is -0.870. The summed E-state index contributed by atoms with van der Waals surface area (Å²) >= 11 is 1.85. The van der Waals surface area contributed by atoms with E-state index in [1.165, 1.54) is 5.56 Å². The molecule has 88 valence electrons. The summed E-state index contributed by atoms with van der Waals surface area (Å²) < 4.78 is 10.8. The van der Waals surface area contributed by atoms with Gasteiger partial charge in [-0.15, -0.1) is 0 Å². The van der Waals surface area contributed by atoms with E-state index in [1.54, 1.807) is 0 Å². The maximum Gasteiger partial charge on any atom is 0.231 e. The molecule has 1 atom stereocenters. The predicted octanol–water partition coefficient (Wildman–Crippen LogP) is 2.26. The fraction of sp³-hybridized carbons (Fsp3) is 0.500. The van der Waals surface area contributed by atoms with Crippen molar-refractivity contribution in [3.63, 3.8) is 0 Å². The molecule has 0 aromatic heterocycles. The molecule has 1 aromatic carbocycles. The van der Waals surface area contributed by atoms with Crippen LogP contribution in [0.25, 0.3) is 0 Å². The van der Waals surface area contributed by atoms with Crippen molar-refractivity contribution >= 4 is 11.8 Å². The van der Waals surface area contributed by atoms with Crippen molar-refractivity contribution in [2.45, 2.75) is 19.5 Å². The van der Waals surface area contributed by atoms with E-state index in [4.69, 9.17) is 9.47 Å². The lowest BCUT2D eigenvalue weighted by molar-refractivity contribution is 0.173. The molecular formula is C12H17NO2S. The minimum Gasteiger partial charge on any atom is -0.454 e. The number of hydrogen-bond donors (Lipinski definition) is 1. The van der Waals surface area contributed by atoms with E-state index in [0.717, 1.165) is 23.8 Å². The third kappa shape index (κ3) is 2.62. The van der Waals surface area contributed by atoms with Gasteiger partial charge in [0, 0.05) is 23.9 Å². The van der Waals surface area contributed by atoms with E-state index in [-0.39, 0.29) is 0 Å². The molecule has 0 radical (unpaired) electrons. The van der Waals surface area contributed by atoms with Gasteiger partial charge in [-0.1, -0.05) is 12.1 Å². The Morgan fingerprint density at radius 3 is 3.12 bits per heavy atom. The number of fused-ring (bicyclic) bond motifs is 1. The highest BCUT2D eigenvalue weighted by Gasteiger charge is 2.16. The van der Waals surface area contributed by atoms with Crippen molar-refractivity contribution < 1.29 is 9.47 Å². The van der Waals surface area contributed by atoms with Crippen LogP contribution in [0.3, 0.4) is 0 Å². The Morgan fingerprint density at radius 1 is 1.44 bits per heavy atom. The van der Waals surface area contributed by atoms with Gasteiger partial charge < -0.3 is 14.8 Å². The van der Waals surface area contributed by atoms with Gasteiger partial charge in [0.05, 0.1) is 0 Å². The Kier molecular flexibility index (Phi) is 3.96. The van der Waals surface area contributed by atoms with Crippen LogP contribution in [0.2, 0.25) is 0 Å². The van der Waals surface area contributed by atoms with E-state index < -0.39 is 0 Å². The molecule has 0 fully saturated rings. The van der Waals surface area contributed by atoms with E-state index in [0.29, 0.717) is 12.8 Å². The maximum absolute atomic E-state index is 5.45. The molecule has 1 aromatic rings. The molecule has 0 saturated heterocycles. The highest BCUT2D eigenvalue weighted by Crippen LogP contribution is 2.35. The molecule has 4 heteroatoms. The minimum atomic E-state index is 0.340. The van der Waals surface area contributed by atoms with Crippen molar-refractivity contribution in [2.75, 3.05) is 18.8 Å². The average molecular weight is 239 g/mol. The first kappa shape index (κ1) is 11.6. The smallest absolute Gasteiger partial charge is 0.231 e. The van der Waals surface area contributed by atoms with Crippen LogP contribution >= 0.6 is 11.8 Å². The number of benzene rings is 1.